The SMILES string of the molecule is CN(C)c1nc(N[C@H]2CC[C@@H](CNC(=O)Cc3ccccc3C(=O)Nc3ccc(Cl)cc3Cl)CC2)nc2ccccc12. The van der Waals surface area contributed by atoms with Gasteiger partial charge in [0.15, 0.2) is 0 Å². The average molecular weight is 606 g/mol. The number of nitrogens with zero attached hydrogens (tertiary/aromatic N) is 3. The first-order valence-electron chi connectivity index (χ1n) is 14.1. The molecule has 0 bridgehead atoms. The van der Waals surface area contributed by atoms with Crippen molar-refractivity contribution in [3.05, 3.63) is 87.9 Å². The van der Waals surface area contributed by atoms with Gasteiger partial charge in [-0.15, -0.1) is 0 Å². The summed E-state index contributed by atoms with van der Waals surface area (Å²) in [5, 5.41) is 11.3. The third kappa shape index (κ3) is 7.30. The van der Waals surface area contributed by atoms with Crippen LogP contribution in [-0.4, -0.2) is 48.5 Å². The Labute approximate surface area is 255 Å². The van der Waals surface area contributed by atoms with Crippen molar-refractivity contribution in [2.24, 2.45) is 5.92 Å². The van der Waals surface area contributed by atoms with E-state index in [0.29, 0.717) is 45.3 Å². The lowest BCUT2D eigenvalue weighted by Gasteiger charge is -2.29. The van der Waals surface area contributed by atoms with Gasteiger partial charge in [-0.25, -0.2) is 4.98 Å². The highest BCUT2D eigenvalue weighted by atomic mass is 35.5. The van der Waals surface area contributed by atoms with E-state index in [-0.39, 0.29) is 24.3 Å². The van der Waals surface area contributed by atoms with Crippen LogP contribution < -0.4 is 20.9 Å². The van der Waals surface area contributed by atoms with Crippen molar-refractivity contribution < 1.29 is 9.59 Å². The van der Waals surface area contributed by atoms with Gasteiger partial charge in [-0.2, -0.15) is 4.98 Å². The minimum absolute atomic E-state index is 0.110. The second-order valence-electron chi connectivity index (χ2n) is 10.9. The van der Waals surface area contributed by atoms with Crippen molar-refractivity contribution >= 4 is 63.4 Å². The molecule has 0 spiro atoms. The number of halogens is 2. The zero-order valence-corrected chi connectivity index (χ0v) is 25.2. The van der Waals surface area contributed by atoms with Crippen molar-refractivity contribution in [1.82, 2.24) is 15.3 Å². The van der Waals surface area contributed by atoms with Gasteiger partial charge in [0.05, 0.1) is 22.6 Å². The molecule has 218 valence electrons. The van der Waals surface area contributed by atoms with E-state index >= 15 is 0 Å². The van der Waals surface area contributed by atoms with E-state index in [4.69, 9.17) is 33.2 Å². The molecule has 1 aliphatic rings. The predicted molar refractivity (Wildman–Crippen MR) is 171 cm³/mol. The second kappa shape index (κ2) is 13.4. The molecule has 0 aliphatic heterocycles. The summed E-state index contributed by atoms with van der Waals surface area (Å²) >= 11 is 12.2. The summed E-state index contributed by atoms with van der Waals surface area (Å²) in [5.74, 6) is 1.50. The van der Waals surface area contributed by atoms with Crippen LogP contribution in [0.4, 0.5) is 17.5 Å². The van der Waals surface area contributed by atoms with Crippen molar-refractivity contribution in [1.29, 1.82) is 0 Å². The Hall–Kier alpha value is -3.88. The molecule has 3 aromatic carbocycles. The van der Waals surface area contributed by atoms with Crippen LogP contribution in [0.5, 0.6) is 0 Å². The molecular weight excluding hydrogens is 571 g/mol. The summed E-state index contributed by atoms with van der Waals surface area (Å²) in [7, 11) is 3.98. The summed E-state index contributed by atoms with van der Waals surface area (Å²) in [6, 6.07) is 20.3. The van der Waals surface area contributed by atoms with Crippen molar-refractivity contribution in [2.45, 2.75) is 38.1 Å². The Morgan fingerprint density at radius 3 is 2.43 bits per heavy atom. The van der Waals surface area contributed by atoms with Crippen molar-refractivity contribution in [3.63, 3.8) is 0 Å². The standard InChI is InChI=1S/C32H34Cl2N6O2/c1-40(2)30-25-9-5-6-10-27(25)38-32(39-30)36-23-14-11-20(12-15-23)19-35-29(41)17-21-7-3-4-8-24(21)31(42)37-28-16-13-22(33)18-26(28)34/h3-10,13,16,18,20,23H,11-12,14-15,17,19H2,1-2H3,(H,35,41)(H,37,42)(H,36,38,39)/t20-,23+. The second-order valence-corrected chi connectivity index (χ2v) is 11.7. The van der Waals surface area contributed by atoms with Crippen LogP contribution in [0.1, 0.15) is 41.6 Å². The molecule has 10 heteroatoms. The van der Waals surface area contributed by atoms with Gasteiger partial charge in [0, 0.05) is 42.7 Å². The van der Waals surface area contributed by atoms with E-state index in [9.17, 15) is 9.59 Å². The van der Waals surface area contributed by atoms with Gasteiger partial charge in [0.2, 0.25) is 11.9 Å². The monoisotopic (exact) mass is 604 g/mol. The molecular formula is C32H34Cl2N6O2. The van der Waals surface area contributed by atoms with E-state index in [1.165, 1.54) is 0 Å². The van der Waals surface area contributed by atoms with Gasteiger partial charge >= 0.3 is 0 Å². The zero-order valence-electron chi connectivity index (χ0n) is 23.7. The van der Waals surface area contributed by atoms with Crippen LogP contribution in [0.2, 0.25) is 10.0 Å². The van der Waals surface area contributed by atoms with Crippen LogP contribution in [0.3, 0.4) is 0 Å². The molecule has 1 aromatic heterocycles. The summed E-state index contributed by atoms with van der Waals surface area (Å²) in [6.07, 6.45) is 4.05. The van der Waals surface area contributed by atoms with Crippen LogP contribution in [0, 0.1) is 5.92 Å². The van der Waals surface area contributed by atoms with Gasteiger partial charge in [-0.1, -0.05) is 53.5 Å². The highest BCUT2D eigenvalue weighted by molar-refractivity contribution is 6.36. The molecule has 0 atom stereocenters. The van der Waals surface area contributed by atoms with E-state index in [1.54, 1.807) is 36.4 Å². The summed E-state index contributed by atoms with van der Waals surface area (Å²) < 4.78 is 0. The lowest BCUT2D eigenvalue weighted by molar-refractivity contribution is -0.120. The number of fused-ring (bicyclic) bond motifs is 1. The quantitative estimate of drug-likeness (QED) is 0.199. The summed E-state index contributed by atoms with van der Waals surface area (Å²) in [5.41, 5.74) is 2.46. The van der Waals surface area contributed by atoms with Crippen molar-refractivity contribution in [3.8, 4) is 0 Å². The third-order valence-corrected chi connectivity index (χ3v) is 8.11. The molecule has 1 heterocycles. The molecule has 4 aromatic rings. The maximum absolute atomic E-state index is 13.0. The number of carbonyl (C=O) groups is 2. The Bertz CT molecular complexity index is 1590. The molecule has 0 radical (unpaired) electrons. The number of para-hydroxylation sites is 1. The van der Waals surface area contributed by atoms with E-state index < -0.39 is 0 Å². The number of amides is 2. The first-order valence-corrected chi connectivity index (χ1v) is 14.8. The molecule has 5 rings (SSSR count). The van der Waals surface area contributed by atoms with E-state index in [0.717, 1.165) is 42.4 Å². The molecule has 0 unspecified atom stereocenters. The number of benzene rings is 3. The van der Waals surface area contributed by atoms with Crippen LogP contribution in [0.15, 0.2) is 66.7 Å². The lowest BCUT2D eigenvalue weighted by Crippen LogP contribution is -2.35. The van der Waals surface area contributed by atoms with Gasteiger partial charge in [-0.3, -0.25) is 9.59 Å². The predicted octanol–water partition coefficient (Wildman–Crippen LogP) is 6.58. The summed E-state index contributed by atoms with van der Waals surface area (Å²) in [6.45, 7) is 0.609. The molecule has 1 aliphatic carbocycles. The van der Waals surface area contributed by atoms with Crippen molar-refractivity contribution in [2.75, 3.05) is 36.2 Å². The number of aromatic nitrogens is 2. The van der Waals surface area contributed by atoms with Gasteiger partial charge in [0.1, 0.15) is 5.82 Å². The maximum Gasteiger partial charge on any atom is 0.255 e. The molecule has 8 nitrogen and oxygen atoms in total. The Kier molecular flexibility index (Phi) is 9.45. The number of rotatable bonds is 9. The van der Waals surface area contributed by atoms with Gasteiger partial charge < -0.3 is 20.9 Å². The smallest absolute Gasteiger partial charge is 0.255 e. The minimum Gasteiger partial charge on any atom is -0.362 e. The first-order chi connectivity index (χ1) is 20.3. The Morgan fingerprint density at radius 2 is 1.67 bits per heavy atom. The van der Waals surface area contributed by atoms with Gasteiger partial charge in [-0.05, 0) is 73.6 Å². The molecule has 3 N–H and O–H groups in total. The van der Waals surface area contributed by atoms with Crippen LogP contribution in [0.25, 0.3) is 10.9 Å². The molecule has 1 fully saturated rings. The maximum atomic E-state index is 13.0. The minimum atomic E-state index is -0.332. The third-order valence-electron chi connectivity index (χ3n) is 7.57. The van der Waals surface area contributed by atoms with E-state index in [1.807, 2.05) is 49.3 Å². The highest BCUT2D eigenvalue weighted by Gasteiger charge is 2.23. The molecule has 2 amide bonds. The fourth-order valence-electron chi connectivity index (χ4n) is 5.33. The Balaban J connectivity index is 1.12. The number of anilines is 3. The largest absolute Gasteiger partial charge is 0.362 e. The number of hydrogen-bond donors (Lipinski definition) is 3. The number of nitrogens with one attached hydrogen (secondary N) is 3. The fourth-order valence-corrected chi connectivity index (χ4v) is 5.78. The molecule has 42 heavy (non-hydrogen) atoms. The van der Waals surface area contributed by atoms with Crippen LogP contribution in [-0.2, 0) is 11.2 Å². The van der Waals surface area contributed by atoms with E-state index in [2.05, 4.69) is 16.0 Å². The van der Waals surface area contributed by atoms with Gasteiger partial charge in [0.25, 0.3) is 5.91 Å². The summed E-state index contributed by atoms with van der Waals surface area (Å²) in [4.78, 5) is 37.4. The normalized spacial score (nSPS) is 16.6. The molecule has 0 saturated heterocycles. The molecule has 1 saturated carbocycles. The zero-order chi connectivity index (χ0) is 29.6. The highest BCUT2D eigenvalue weighted by Crippen LogP contribution is 2.29. The van der Waals surface area contributed by atoms with Crippen LogP contribution >= 0.6 is 23.2 Å². The topological polar surface area (TPSA) is 99.3 Å². The number of hydrogen-bond acceptors (Lipinski definition) is 6. The lowest BCUT2D eigenvalue weighted by atomic mass is 9.86. The number of carbonyl (C=O) groups excluding carboxylic acids is 2. The fraction of sp³-hybridized carbons (Fsp3) is 0.312. The Morgan fingerprint density at radius 1 is 0.929 bits per heavy atom. The first kappa shape index (κ1) is 29.6. The average Bonchev–Trinajstić information content (AvgIpc) is 2.98.